The molecule has 0 spiro atoms. The fraction of sp³-hybridized carbons (Fsp3) is 0.0833. The van der Waals surface area contributed by atoms with Crippen LogP contribution in [0.2, 0.25) is 10.3 Å². The molecule has 0 radical (unpaired) electrons. The van der Waals surface area contributed by atoms with E-state index in [0.29, 0.717) is 11.5 Å². The lowest BCUT2D eigenvalue weighted by Gasteiger charge is -2.05. The van der Waals surface area contributed by atoms with E-state index in [0.717, 1.165) is 5.56 Å². The molecule has 0 atom stereocenters. The Kier molecular flexibility index (Phi) is 4.19. The zero-order chi connectivity index (χ0) is 13.8. The number of carbonyl (C=O) groups is 1. The van der Waals surface area contributed by atoms with Gasteiger partial charge in [-0.2, -0.15) is 0 Å². The molecular weight excluding hydrogens is 289 g/mol. The Bertz CT molecular complexity index is 582. The third-order valence-corrected chi connectivity index (χ3v) is 2.63. The summed E-state index contributed by atoms with van der Waals surface area (Å²) in [5, 5.41) is 3.08. The highest BCUT2D eigenvalue weighted by Gasteiger charge is 2.06. The van der Waals surface area contributed by atoms with E-state index < -0.39 is 6.09 Å². The topological polar surface area (TPSA) is 64.1 Å². The van der Waals surface area contributed by atoms with E-state index in [-0.39, 0.29) is 10.3 Å². The van der Waals surface area contributed by atoms with Gasteiger partial charge in [0.05, 0.1) is 7.11 Å². The maximum atomic E-state index is 11.0. The standard InChI is InChI=1S/C12H9Cl2N3O2/c1-19-12(18)15-8-4-2-7(3-5-8)11-16-9(13)6-10(14)17-11/h2-6H,1H3,(H,15,18). The van der Waals surface area contributed by atoms with E-state index in [1.807, 2.05) is 0 Å². The number of nitrogens with zero attached hydrogens (tertiary/aromatic N) is 2. The Labute approximate surface area is 119 Å². The number of halogens is 2. The Morgan fingerprint density at radius 3 is 2.26 bits per heavy atom. The molecule has 0 saturated heterocycles. The highest BCUT2D eigenvalue weighted by Crippen LogP contribution is 2.21. The number of aromatic nitrogens is 2. The van der Waals surface area contributed by atoms with Crippen molar-refractivity contribution in [2.24, 2.45) is 0 Å². The van der Waals surface area contributed by atoms with Gasteiger partial charge in [-0.25, -0.2) is 14.8 Å². The molecule has 19 heavy (non-hydrogen) atoms. The van der Waals surface area contributed by atoms with Crippen LogP contribution >= 0.6 is 23.2 Å². The molecule has 0 unspecified atom stereocenters. The first-order chi connectivity index (χ1) is 9.08. The molecule has 1 amide bonds. The molecule has 0 aliphatic carbocycles. The van der Waals surface area contributed by atoms with Crippen molar-refractivity contribution in [3.8, 4) is 11.4 Å². The molecule has 1 N–H and O–H groups in total. The molecule has 2 rings (SSSR count). The number of benzene rings is 1. The minimum atomic E-state index is -0.533. The molecule has 2 aromatic rings. The monoisotopic (exact) mass is 297 g/mol. The van der Waals surface area contributed by atoms with E-state index in [9.17, 15) is 4.79 Å². The lowest BCUT2D eigenvalue weighted by atomic mass is 10.2. The number of amides is 1. The number of rotatable bonds is 2. The molecule has 0 aliphatic heterocycles. The van der Waals surface area contributed by atoms with Gasteiger partial charge in [-0.05, 0) is 24.3 Å². The summed E-state index contributed by atoms with van der Waals surface area (Å²) in [6.07, 6.45) is -0.533. The van der Waals surface area contributed by atoms with Gasteiger partial charge in [-0.3, -0.25) is 5.32 Å². The second-order valence-corrected chi connectivity index (χ2v) is 4.31. The highest BCUT2D eigenvalue weighted by atomic mass is 35.5. The lowest BCUT2D eigenvalue weighted by Crippen LogP contribution is -2.10. The SMILES string of the molecule is COC(=O)Nc1ccc(-c2nc(Cl)cc(Cl)n2)cc1. The maximum Gasteiger partial charge on any atom is 0.411 e. The predicted octanol–water partition coefficient (Wildman–Crippen LogP) is 3.63. The van der Waals surface area contributed by atoms with Gasteiger partial charge in [0.2, 0.25) is 0 Å². The maximum absolute atomic E-state index is 11.0. The number of nitrogens with one attached hydrogen (secondary N) is 1. The van der Waals surface area contributed by atoms with Gasteiger partial charge >= 0.3 is 6.09 Å². The molecule has 5 nitrogen and oxygen atoms in total. The molecule has 7 heteroatoms. The number of hydrogen-bond donors (Lipinski definition) is 1. The van der Waals surface area contributed by atoms with Gasteiger partial charge in [-0.1, -0.05) is 23.2 Å². The third-order valence-electron chi connectivity index (χ3n) is 2.24. The van der Waals surface area contributed by atoms with Crippen LogP contribution in [0.3, 0.4) is 0 Å². The Balaban J connectivity index is 2.24. The van der Waals surface area contributed by atoms with Crippen molar-refractivity contribution in [3.05, 3.63) is 40.6 Å². The largest absolute Gasteiger partial charge is 0.453 e. The van der Waals surface area contributed by atoms with Crippen LogP contribution in [0.25, 0.3) is 11.4 Å². The van der Waals surface area contributed by atoms with Gasteiger partial charge in [0.15, 0.2) is 5.82 Å². The minimum absolute atomic E-state index is 0.270. The normalized spacial score (nSPS) is 10.1. The van der Waals surface area contributed by atoms with Gasteiger partial charge < -0.3 is 4.74 Å². The Morgan fingerprint density at radius 2 is 1.74 bits per heavy atom. The third kappa shape index (κ3) is 3.56. The molecule has 1 aromatic heterocycles. The molecule has 0 saturated carbocycles. The quantitative estimate of drug-likeness (QED) is 0.860. The van der Waals surface area contributed by atoms with Crippen LogP contribution in [0.5, 0.6) is 0 Å². The zero-order valence-corrected chi connectivity index (χ0v) is 11.4. The van der Waals surface area contributed by atoms with Gasteiger partial charge in [0, 0.05) is 17.3 Å². The molecule has 0 fully saturated rings. The van der Waals surface area contributed by atoms with Crippen molar-refractivity contribution in [2.75, 3.05) is 12.4 Å². The zero-order valence-electron chi connectivity index (χ0n) is 9.85. The van der Waals surface area contributed by atoms with E-state index in [1.54, 1.807) is 24.3 Å². The van der Waals surface area contributed by atoms with E-state index in [2.05, 4.69) is 20.0 Å². The van der Waals surface area contributed by atoms with Crippen LogP contribution < -0.4 is 5.32 Å². The van der Waals surface area contributed by atoms with Crippen molar-refractivity contribution >= 4 is 35.0 Å². The molecule has 0 bridgehead atoms. The van der Waals surface area contributed by atoms with Crippen LogP contribution in [0.15, 0.2) is 30.3 Å². The number of ether oxygens (including phenoxy) is 1. The summed E-state index contributed by atoms with van der Waals surface area (Å²) in [5.41, 5.74) is 1.34. The summed E-state index contributed by atoms with van der Waals surface area (Å²) < 4.78 is 4.49. The summed E-state index contributed by atoms with van der Waals surface area (Å²) in [4.78, 5) is 19.2. The minimum Gasteiger partial charge on any atom is -0.453 e. The van der Waals surface area contributed by atoms with Gasteiger partial charge in [0.1, 0.15) is 10.3 Å². The summed E-state index contributed by atoms with van der Waals surface area (Å²) in [5.74, 6) is 0.419. The van der Waals surface area contributed by atoms with Crippen molar-refractivity contribution < 1.29 is 9.53 Å². The predicted molar refractivity (Wildman–Crippen MR) is 73.5 cm³/mol. The fourth-order valence-electron chi connectivity index (χ4n) is 1.39. The molecule has 1 heterocycles. The average molecular weight is 298 g/mol. The molecule has 1 aromatic carbocycles. The summed E-state index contributed by atoms with van der Waals surface area (Å²) in [6, 6.07) is 8.34. The van der Waals surface area contributed by atoms with E-state index in [4.69, 9.17) is 23.2 Å². The van der Waals surface area contributed by atoms with Crippen LogP contribution in [0.4, 0.5) is 10.5 Å². The summed E-state index contributed by atoms with van der Waals surface area (Å²) in [6.45, 7) is 0. The van der Waals surface area contributed by atoms with Crippen molar-refractivity contribution in [2.45, 2.75) is 0 Å². The lowest BCUT2D eigenvalue weighted by molar-refractivity contribution is 0.187. The summed E-state index contributed by atoms with van der Waals surface area (Å²) >= 11 is 11.6. The first-order valence-electron chi connectivity index (χ1n) is 5.24. The number of carbonyl (C=O) groups excluding carboxylic acids is 1. The van der Waals surface area contributed by atoms with Crippen LogP contribution in [0.1, 0.15) is 0 Å². The Morgan fingerprint density at radius 1 is 1.16 bits per heavy atom. The first kappa shape index (κ1) is 13.6. The van der Waals surface area contributed by atoms with Gasteiger partial charge in [-0.15, -0.1) is 0 Å². The Hall–Kier alpha value is -1.85. The van der Waals surface area contributed by atoms with Crippen LogP contribution in [-0.2, 0) is 4.74 Å². The van der Waals surface area contributed by atoms with Crippen molar-refractivity contribution in [1.29, 1.82) is 0 Å². The highest BCUT2D eigenvalue weighted by molar-refractivity contribution is 6.33. The number of anilines is 1. The van der Waals surface area contributed by atoms with Crippen LogP contribution in [-0.4, -0.2) is 23.2 Å². The van der Waals surface area contributed by atoms with Crippen molar-refractivity contribution in [1.82, 2.24) is 9.97 Å². The molecule has 98 valence electrons. The van der Waals surface area contributed by atoms with Crippen LogP contribution in [0, 0.1) is 0 Å². The van der Waals surface area contributed by atoms with E-state index in [1.165, 1.54) is 13.2 Å². The first-order valence-corrected chi connectivity index (χ1v) is 5.99. The van der Waals surface area contributed by atoms with E-state index >= 15 is 0 Å². The average Bonchev–Trinajstić information content (AvgIpc) is 2.38. The number of hydrogen-bond acceptors (Lipinski definition) is 4. The second-order valence-electron chi connectivity index (χ2n) is 3.53. The molecular formula is C12H9Cl2N3O2. The molecule has 0 aliphatic rings. The number of methoxy groups -OCH3 is 1. The van der Waals surface area contributed by atoms with Gasteiger partial charge in [0.25, 0.3) is 0 Å². The smallest absolute Gasteiger partial charge is 0.411 e. The van der Waals surface area contributed by atoms with Crippen molar-refractivity contribution in [3.63, 3.8) is 0 Å². The second kappa shape index (κ2) is 5.86. The summed E-state index contributed by atoms with van der Waals surface area (Å²) in [7, 11) is 1.30. The fourth-order valence-corrected chi connectivity index (χ4v) is 1.81.